The Bertz CT molecular complexity index is 548. The van der Waals surface area contributed by atoms with Gasteiger partial charge in [-0.2, -0.15) is 0 Å². The van der Waals surface area contributed by atoms with Crippen molar-refractivity contribution in [2.45, 2.75) is 25.8 Å². The van der Waals surface area contributed by atoms with Crippen LogP contribution in [0, 0.1) is 5.92 Å². The summed E-state index contributed by atoms with van der Waals surface area (Å²) in [4.78, 5) is 17.9. The van der Waals surface area contributed by atoms with E-state index in [2.05, 4.69) is 15.6 Å². The highest BCUT2D eigenvalue weighted by molar-refractivity contribution is 14.0. The molecular weight excluding hydrogens is 443 g/mol. The average Bonchev–Trinajstić information content (AvgIpc) is 3.44. The molecule has 7 heteroatoms. The number of carbonyl (C=O) groups is 1. The van der Waals surface area contributed by atoms with Gasteiger partial charge in [0.05, 0.1) is 13.1 Å². The summed E-state index contributed by atoms with van der Waals surface area (Å²) >= 11 is 0. The van der Waals surface area contributed by atoms with Crippen LogP contribution in [0.5, 0.6) is 0 Å². The van der Waals surface area contributed by atoms with Crippen LogP contribution in [0.4, 0.5) is 0 Å². The minimum Gasteiger partial charge on any atom is -0.381 e. The van der Waals surface area contributed by atoms with Gasteiger partial charge in [-0.05, 0) is 30.7 Å². The monoisotopic (exact) mass is 474 g/mol. The summed E-state index contributed by atoms with van der Waals surface area (Å²) < 4.78 is 5.64. The molecule has 0 unspecified atom stereocenters. The summed E-state index contributed by atoms with van der Waals surface area (Å²) in [5.41, 5.74) is 1.13. The number of likely N-dealkylation sites (N-methyl/N-ethyl adjacent to an activating group) is 1. The Morgan fingerprint density at radius 3 is 2.62 bits per heavy atom. The molecule has 0 aliphatic heterocycles. The number of ether oxygens (including phenoxy) is 1. The highest BCUT2D eigenvalue weighted by atomic mass is 127. The second-order valence-electron chi connectivity index (χ2n) is 6.59. The molecule has 146 valence electrons. The van der Waals surface area contributed by atoms with E-state index in [0.717, 1.165) is 37.7 Å². The maximum absolute atomic E-state index is 11.8. The molecule has 0 spiro atoms. The van der Waals surface area contributed by atoms with Crippen molar-refractivity contribution >= 4 is 35.8 Å². The Morgan fingerprint density at radius 2 is 1.96 bits per heavy atom. The molecule has 1 fully saturated rings. The van der Waals surface area contributed by atoms with Crippen molar-refractivity contribution in [3.63, 3.8) is 0 Å². The fraction of sp³-hybridized carbons (Fsp3) is 0.579. The lowest BCUT2D eigenvalue weighted by Gasteiger charge is -2.15. The third kappa shape index (κ3) is 9.96. The number of amides is 1. The first-order chi connectivity index (χ1) is 12.1. The Hall–Kier alpha value is -1.35. The molecule has 0 aromatic heterocycles. The zero-order valence-corrected chi connectivity index (χ0v) is 18.1. The Labute approximate surface area is 173 Å². The van der Waals surface area contributed by atoms with E-state index in [-0.39, 0.29) is 36.4 Å². The zero-order chi connectivity index (χ0) is 17.9. The van der Waals surface area contributed by atoms with E-state index in [0.29, 0.717) is 12.5 Å². The van der Waals surface area contributed by atoms with E-state index in [1.165, 1.54) is 12.8 Å². The van der Waals surface area contributed by atoms with Gasteiger partial charge < -0.3 is 20.3 Å². The third-order valence-corrected chi connectivity index (χ3v) is 3.98. The fourth-order valence-electron chi connectivity index (χ4n) is 2.16. The van der Waals surface area contributed by atoms with E-state index in [4.69, 9.17) is 4.74 Å². The number of halogens is 1. The van der Waals surface area contributed by atoms with Crippen LogP contribution in [0.3, 0.4) is 0 Å². The summed E-state index contributed by atoms with van der Waals surface area (Å²) in [6.45, 7) is 3.22. The first-order valence-electron chi connectivity index (χ1n) is 8.99. The summed E-state index contributed by atoms with van der Waals surface area (Å²) in [5.74, 6) is 1.47. The molecule has 1 aromatic rings. The number of benzene rings is 1. The molecule has 0 heterocycles. The van der Waals surface area contributed by atoms with Gasteiger partial charge >= 0.3 is 0 Å². The van der Waals surface area contributed by atoms with Crippen LogP contribution in [0.25, 0.3) is 0 Å². The van der Waals surface area contributed by atoms with Crippen LogP contribution in [-0.4, -0.2) is 57.2 Å². The number of carbonyl (C=O) groups excluding carboxylic acids is 1. The quantitative estimate of drug-likeness (QED) is 0.236. The minimum absolute atomic E-state index is 0. The van der Waals surface area contributed by atoms with Gasteiger partial charge in [-0.15, -0.1) is 24.0 Å². The van der Waals surface area contributed by atoms with Gasteiger partial charge in [0.15, 0.2) is 5.96 Å². The molecule has 1 aliphatic rings. The first kappa shape index (κ1) is 22.7. The van der Waals surface area contributed by atoms with Crippen LogP contribution >= 0.6 is 24.0 Å². The number of rotatable bonds is 10. The van der Waals surface area contributed by atoms with Gasteiger partial charge in [0.1, 0.15) is 0 Å². The highest BCUT2D eigenvalue weighted by Gasteiger charge is 2.20. The number of nitrogens with one attached hydrogen (secondary N) is 2. The molecule has 2 rings (SSSR count). The molecule has 0 atom stereocenters. The Morgan fingerprint density at radius 1 is 1.23 bits per heavy atom. The molecule has 1 amide bonds. The molecule has 0 saturated heterocycles. The minimum atomic E-state index is 0. The molecule has 1 saturated carbocycles. The van der Waals surface area contributed by atoms with Crippen molar-refractivity contribution in [3.05, 3.63) is 35.9 Å². The van der Waals surface area contributed by atoms with Crippen molar-refractivity contribution in [1.82, 2.24) is 15.5 Å². The van der Waals surface area contributed by atoms with Gasteiger partial charge in [0.25, 0.3) is 0 Å². The van der Waals surface area contributed by atoms with Crippen molar-refractivity contribution in [3.8, 4) is 0 Å². The van der Waals surface area contributed by atoms with Crippen molar-refractivity contribution in [1.29, 1.82) is 0 Å². The standard InChI is InChI=1S/C19H30N4O2.HI/c1-23(2)18(24)14-22-19(21-13-16-7-4-3-5-8-16)20-11-6-12-25-15-17-9-10-17;/h3-5,7-8,17H,6,9-15H2,1-2H3,(H2,20,21,22);1H. The average molecular weight is 474 g/mol. The van der Waals surface area contributed by atoms with E-state index < -0.39 is 0 Å². The second kappa shape index (κ2) is 12.9. The summed E-state index contributed by atoms with van der Waals surface area (Å²) in [7, 11) is 3.49. The smallest absolute Gasteiger partial charge is 0.241 e. The van der Waals surface area contributed by atoms with E-state index in [1.807, 2.05) is 30.3 Å². The normalized spacial score (nSPS) is 13.7. The van der Waals surface area contributed by atoms with E-state index in [1.54, 1.807) is 19.0 Å². The molecule has 6 nitrogen and oxygen atoms in total. The first-order valence-corrected chi connectivity index (χ1v) is 8.99. The van der Waals surface area contributed by atoms with Gasteiger partial charge in [0, 0.05) is 33.9 Å². The topological polar surface area (TPSA) is 66.0 Å². The molecule has 0 bridgehead atoms. The molecule has 0 radical (unpaired) electrons. The molecule has 26 heavy (non-hydrogen) atoms. The molecule has 2 N–H and O–H groups in total. The highest BCUT2D eigenvalue weighted by Crippen LogP contribution is 2.28. The number of nitrogens with zero attached hydrogens (tertiary/aromatic N) is 2. The van der Waals surface area contributed by atoms with Gasteiger partial charge in [0.2, 0.25) is 5.91 Å². The largest absolute Gasteiger partial charge is 0.381 e. The van der Waals surface area contributed by atoms with Crippen LogP contribution in [0.15, 0.2) is 35.3 Å². The number of aliphatic imine (C=N–C) groups is 1. The molecule has 1 aromatic carbocycles. The van der Waals surface area contributed by atoms with E-state index in [9.17, 15) is 4.79 Å². The summed E-state index contributed by atoms with van der Waals surface area (Å²) in [6, 6.07) is 10.1. The van der Waals surface area contributed by atoms with Gasteiger partial charge in [-0.3, -0.25) is 4.79 Å². The van der Waals surface area contributed by atoms with Gasteiger partial charge in [-0.1, -0.05) is 30.3 Å². The SMILES string of the molecule is CN(C)C(=O)CNC(=NCc1ccccc1)NCCCOCC1CC1.I. The number of hydrogen-bond acceptors (Lipinski definition) is 3. The number of guanidine groups is 1. The van der Waals surface area contributed by atoms with Crippen LogP contribution in [-0.2, 0) is 16.1 Å². The maximum Gasteiger partial charge on any atom is 0.241 e. The zero-order valence-electron chi connectivity index (χ0n) is 15.7. The Kier molecular flexibility index (Phi) is 11.3. The lowest BCUT2D eigenvalue weighted by atomic mass is 10.2. The van der Waals surface area contributed by atoms with E-state index >= 15 is 0 Å². The predicted octanol–water partition coefficient (Wildman–Crippen LogP) is 2.24. The van der Waals surface area contributed by atoms with Crippen molar-refractivity contribution in [2.24, 2.45) is 10.9 Å². The summed E-state index contributed by atoms with van der Waals surface area (Å²) in [5, 5.41) is 6.37. The van der Waals surface area contributed by atoms with Crippen LogP contribution in [0.2, 0.25) is 0 Å². The Balaban J connectivity index is 0.00000338. The van der Waals surface area contributed by atoms with Gasteiger partial charge in [-0.25, -0.2) is 4.99 Å². The maximum atomic E-state index is 11.8. The van der Waals surface area contributed by atoms with Crippen molar-refractivity contribution < 1.29 is 9.53 Å². The predicted molar refractivity (Wildman–Crippen MR) is 116 cm³/mol. The van der Waals surface area contributed by atoms with Crippen LogP contribution in [0.1, 0.15) is 24.8 Å². The summed E-state index contributed by atoms with van der Waals surface area (Å²) in [6.07, 6.45) is 3.55. The second-order valence-corrected chi connectivity index (χ2v) is 6.59. The number of hydrogen-bond donors (Lipinski definition) is 2. The third-order valence-electron chi connectivity index (χ3n) is 3.98. The molecule has 1 aliphatic carbocycles. The lowest BCUT2D eigenvalue weighted by molar-refractivity contribution is -0.127. The lowest BCUT2D eigenvalue weighted by Crippen LogP contribution is -2.43. The van der Waals surface area contributed by atoms with Crippen LogP contribution < -0.4 is 10.6 Å². The molecular formula is C19H31IN4O2. The fourth-order valence-corrected chi connectivity index (χ4v) is 2.16. The van der Waals surface area contributed by atoms with Crippen molar-refractivity contribution in [2.75, 3.05) is 40.4 Å².